The molecule has 1 spiro atoms. The van der Waals surface area contributed by atoms with Crippen LogP contribution in [-0.2, 0) is 10.8 Å². The average Bonchev–Trinajstić information content (AvgIpc) is 3.82. The minimum Gasteiger partial charge on any atom is -0.497 e. The lowest BCUT2D eigenvalue weighted by molar-refractivity contribution is 0.0966. The van der Waals surface area contributed by atoms with Crippen LogP contribution in [-0.4, -0.2) is 71.0 Å². The number of likely N-dealkylation sites (tertiary alicyclic amines) is 1. The summed E-state index contributed by atoms with van der Waals surface area (Å²) < 4.78 is 6.86. The number of rotatable bonds is 7. The van der Waals surface area contributed by atoms with Gasteiger partial charge < -0.3 is 20.5 Å². The van der Waals surface area contributed by atoms with Gasteiger partial charge in [0.2, 0.25) is 0 Å². The average molecular weight is 528 g/mol. The molecular formula is C30H33N5O4. The van der Waals surface area contributed by atoms with E-state index in [-0.39, 0.29) is 28.5 Å². The normalized spacial score (nSPS) is 22.7. The number of aliphatic hydroxyl groups is 1. The van der Waals surface area contributed by atoms with Gasteiger partial charge in [0.15, 0.2) is 5.69 Å². The van der Waals surface area contributed by atoms with Crippen molar-refractivity contribution in [3.8, 4) is 11.4 Å². The van der Waals surface area contributed by atoms with Crippen LogP contribution in [0.5, 0.6) is 5.75 Å². The van der Waals surface area contributed by atoms with Crippen LogP contribution >= 0.6 is 0 Å². The van der Waals surface area contributed by atoms with Crippen LogP contribution < -0.4 is 15.4 Å². The van der Waals surface area contributed by atoms with Crippen molar-refractivity contribution in [2.75, 3.05) is 38.2 Å². The van der Waals surface area contributed by atoms with E-state index in [4.69, 9.17) is 10.5 Å². The number of β-amino-alcohol motifs (C(OH)–C–C–N with tert-alkyl or cyclic N) is 1. The highest BCUT2D eigenvalue weighted by molar-refractivity contribution is 6.10. The van der Waals surface area contributed by atoms with Gasteiger partial charge in [-0.2, -0.15) is 5.10 Å². The number of nitrogens with zero attached hydrogens (tertiary/aromatic N) is 4. The quantitative estimate of drug-likeness (QED) is 0.489. The first-order chi connectivity index (χ1) is 18.8. The van der Waals surface area contributed by atoms with Crippen molar-refractivity contribution in [1.29, 1.82) is 0 Å². The number of ether oxygens (including phenoxy) is 1. The molecule has 0 unspecified atom stereocenters. The van der Waals surface area contributed by atoms with Crippen molar-refractivity contribution in [2.24, 2.45) is 5.73 Å². The van der Waals surface area contributed by atoms with Crippen molar-refractivity contribution in [1.82, 2.24) is 14.7 Å². The van der Waals surface area contributed by atoms with Crippen LogP contribution in [0, 0.1) is 0 Å². The first-order valence-electron chi connectivity index (χ1n) is 13.7. The summed E-state index contributed by atoms with van der Waals surface area (Å²) in [4.78, 5) is 30.8. The van der Waals surface area contributed by atoms with E-state index in [0.717, 1.165) is 57.4 Å². The van der Waals surface area contributed by atoms with Gasteiger partial charge in [-0.3, -0.25) is 14.5 Å². The molecule has 7 rings (SSSR count). The second-order valence-electron chi connectivity index (χ2n) is 11.7. The van der Waals surface area contributed by atoms with E-state index in [1.165, 1.54) is 5.56 Å². The standard InChI is InChI=1S/C30H33N5O4/c1-39-23-8-6-21(7-9-23)35-26-24(25(32-35)27(31)37)30(13-14-30)18-34(28(26)38)20-4-2-19(3-5-20)29(11-12-29)17-33-15-10-22(36)16-33/h2-9,22,36H,10-18H2,1H3,(H2,31,37)/t22-/m0/s1. The molecule has 1 atom stereocenters. The highest BCUT2D eigenvalue weighted by Gasteiger charge is 2.56. The van der Waals surface area contributed by atoms with Crippen LogP contribution in [0.15, 0.2) is 48.5 Å². The molecule has 3 heterocycles. The second kappa shape index (κ2) is 8.66. The maximum atomic E-state index is 14.1. The third kappa shape index (κ3) is 3.94. The highest BCUT2D eigenvalue weighted by Crippen LogP contribution is 2.55. The van der Waals surface area contributed by atoms with E-state index in [2.05, 4.69) is 34.3 Å². The smallest absolute Gasteiger partial charge is 0.277 e. The van der Waals surface area contributed by atoms with E-state index in [1.54, 1.807) is 23.9 Å². The Balaban J connectivity index is 1.23. The summed E-state index contributed by atoms with van der Waals surface area (Å²) >= 11 is 0. The van der Waals surface area contributed by atoms with Crippen LogP contribution in [0.25, 0.3) is 5.69 Å². The monoisotopic (exact) mass is 527 g/mol. The van der Waals surface area contributed by atoms with Crippen molar-refractivity contribution >= 4 is 17.5 Å². The molecule has 4 aliphatic rings. The Kier molecular flexibility index (Phi) is 5.41. The topological polar surface area (TPSA) is 114 Å². The Bertz CT molecular complexity index is 1450. The molecule has 2 amide bonds. The minimum absolute atomic E-state index is 0.142. The van der Waals surface area contributed by atoms with E-state index in [1.807, 2.05) is 17.0 Å². The molecule has 2 aromatic carbocycles. The molecular weight excluding hydrogens is 494 g/mol. The van der Waals surface area contributed by atoms with Gasteiger partial charge in [0.1, 0.15) is 11.4 Å². The fourth-order valence-electron chi connectivity index (χ4n) is 6.62. The van der Waals surface area contributed by atoms with Gasteiger partial charge >= 0.3 is 0 Å². The number of nitrogens with two attached hydrogens (primary N) is 1. The number of carbonyl (C=O) groups is 2. The van der Waals surface area contributed by atoms with Crippen molar-refractivity contribution < 1.29 is 19.4 Å². The number of aliphatic hydroxyl groups excluding tert-OH is 1. The lowest BCUT2D eigenvalue weighted by Gasteiger charge is -2.34. The summed E-state index contributed by atoms with van der Waals surface area (Å²) in [5, 5.41) is 14.5. The number of hydrogen-bond donors (Lipinski definition) is 2. The lowest BCUT2D eigenvalue weighted by atomic mass is 9.87. The third-order valence-corrected chi connectivity index (χ3v) is 9.15. The zero-order valence-corrected chi connectivity index (χ0v) is 22.1. The fourth-order valence-corrected chi connectivity index (χ4v) is 6.62. The number of aromatic nitrogens is 2. The zero-order chi connectivity index (χ0) is 26.9. The Morgan fingerprint density at radius 3 is 2.33 bits per heavy atom. The first-order valence-corrected chi connectivity index (χ1v) is 13.7. The molecule has 1 aromatic heterocycles. The summed E-state index contributed by atoms with van der Waals surface area (Å²) in [6.07, 6.45) is 4.67. The molecule has 3 N–H and O–H groups in total. The Hall–Kier alpha value is -3.69. The molecule has 1 saturated heterocycles. The Labute approximate surface area is 227 Å². The zero-order valence-electron chi connectivity index (χ0n) is 22.1. The number of amides is 2. The maximum Gasteiger partial charge on any atom is 0.277 e. The molecule has 3 aromatic rings. The minimum atomic E-state index is -0.615. The predicted octanol–water partition coefficient (Wildman–Crippen LogP) is 2.77. The van der Waals surface area contributed by atoms with Crippen LogP contribution in [0.2, 0.25) is 0 Å². The molecule has 9 nitrogen and oxygen atoms in total. The molecule has 9 heteroatoms. The summed E-state index contributed by atoms with van der Waals surface area (Å²) in [7, 11) is 1.60. The highest BCUT2D eigenvalue weighted by atomic mass is 16.5. The third-order valence-electron chi connectivity index (χ3n) is 9.15. The van der Waals surface area contributed by atoms with Gasteiger partial charge in [-0.1, -0.05) is 12.1 Å². The molecule has 2 aliphatic carbocycles. The number of carbonyl (C=O) groups excluding carboxylic acids is 2. The summed E-state index contributed by atoms with van der Waals surface area (Å²) in [6, 6.07) is 15.7. The summed E-state index contributed by atoms with van der Waals surface area (Å²) in [5.74, 6) is -0.107. The Morgan fingerprint density at radius 1 is 1.08 bits per heavy atom. The number of benzene rings is 2. The first kappa shape index (κ1) is 24.4. The number of primary amides is 1. The van der Waals surface area contributed by atoms with Crippen molar-refractivity contribution in [3.63, 3.8) is 0 Å². The molecule has 2 aliphatic heterocycles. The van der Waals surface area contributed by atoms with Crippen molar-refractivity contribution in [2.45, 2.75) is 49.0 Å². The molecule has 0 bridgehead atoms. The summed E-state index contributed by atoms with van der Waals surface area (Å²) in [6.45, 7) is 3.17. The molecule has 202 valence electrons. The molecule has 2 saturated carbocycles. The van der Waals surface area contributed by atoms with E-state index in [0.29, 0.717) is 29.2 Å². The van der Waals surface area contributed by atoms with Crippen LogP contribution in [0.1, 0.15) is 64.2 Å². The maximum absolute atomic E-state index is 14.1. The predicted molar refractivity (Wildman–Crippen MR) is 146 cm³/mol. The molecule has 0 radical (unpaired) electrons. The number of methoxy groups -OCH3 is 1. The largest absolute Gasteiger partial charge is 0.497 e. The number of hydrogen-bond acceptors (Lipinski definition) is 6. The molecule has 39 heavy (non-hydrogen) atoms. The fraction of sp³-hybridized carbons (Fsp3) is 0.433. The summed E-state index contributed by atoms with van der Waals surface area (Å²) in [5.41, 5.74) is 9.68. The number of anilines is 1. The number of fused-ring (bicyclic) bond motifs is 2. The van der Waals surface area contributed by atoms with Crippen molar-refractivity contribution in [3.05, 3.63) is 71.0 Å². The van der Waals surface area contributed by atoms with Crippen LogP contribution in [0.3, 0.4) is 0 Å². The SMILES string of the molecule is COc1ccc(-n2nc(C(N)=O)c3c2C(=O)N(c2ccc(C4(CN5CC[C@H](O)C5)CC4)cc2)CC32CC2)cc1. The lowest BCUT2D eigenvalue weighted by Crippen LogP contribution is -2.44. The van der Waals surface area contributed by atoms with Gasteiger partial charge in [0.25, 0.3) is 11.8 Å². The van der Waals surface area contributed by atoms with E-state index in [9.17, 15) is 14.7 Å². The van der Waals surface area contributed by atoms with Gasteiger partial charge in [0, 0.05) is 48.3 Å². The van der Waals surface area contributed by atoms with E-state index >= 15 is 0 Å². The second-order valence-corrected chi connectivity index (χ2v) is 11.7. The van der Waals surface area contributed by atoms with Gasteiger partial charge in [-0.15, -0.1) is 0 Å². The van der Waals surface area contributed by atoms with Crippen LogP contribution in [0.4, 0.5) is 5.69 Å². The van der Waals surface area contributed by atoms with Gasteiger partial charge in [-0.25, -0.2) is 4.68 Å². The van der Waals surface area contributed by atoms with Gasteiger partial charge in [-0.05, 0) is 74.1 Å². The van der Waals surface area contributed by atoms with E-state index < -0.39 is 5.91 Å². The Morgan fingerprint density at radius 2 is 1.77 bits per heavy atom. The van der Waals surface area contributed by atoms with Gasteiger partial charge in [0.05, 0.1) is 18.9 Å². The molecule has 3 fully saturated rings.